The zero-order valence-electron chi connectivity index (χ0n) is 10.0. The summed E-state index contributed by atoms with van der Waals surface area (Å²) >= 11 is 0. The molecule has 0 saturated carbocycles. The Morgan fingerprint density at radius 2 is 1.83 bits per heavy atom. The van der Waals surface area contributed by atoms with Crippen molar-refractivity contribution < 1.29 is 8.78 Å². The summed E-state index contributed by atoms with van der Waals surface area (Å²) in [5.74, 6) is -0.657. The van der Waals surface area contributed by atoms with Crippen LogP contribution in [0, 0.1) is 11.6 Å². The van der Waals surface area contributed by atoms with Crippen LogP contribution in [0.2, 0.25) is 0 Å². The highest BCUT2D eigenvalue weighted by atomic mass is 19.1. The minimum Gasteiger partial charge on any atom is -0.399 e. The van der Waals surface area contributed by atoms with E-state index >= 15 is 0 Å². The molecular weight excluding hydrogens is 234 g/mol. The minimum atomic E-state index is -0.363. The van der Waals surface area contributed by atoms with Gasteiger partial charge in [-0.25, -0.2) is 8.78 Å². The van der Waals surface area contributed by atoms with Crippen molar-refractivity contribution in [3.63, 3.8) is 0 Å². The fourth-order valence-corrected chi connectivity index (χ4v) is 1.85. The van der Waals surface area contributed by atoms with Crippen LogP contribution in [0.25, 0.3) is 0 Å². The van der Waals surface area contributed by atoms with Gasteiger partial charge in [-0.2, -0.15) is 0 Å². The molecule has 0 aliphatic carbocycles. The predicted molar refractivity (Wildman–Crippen MR) is 69.3 cm³/mol. The van der Waals surface area contributed by atoms with E-state index in [9.17, 15) is 8.78 Å². The van der Waals surface area contributed by atoms with E-state index in [-0.39, 0.29) is 11.6 Å². The van der Waals surface area contributed by atoms with Gasteiger partial charge < -0.3 is 10.6 Å². The highest BCUT2D eigenvalue weighted by Crippen LogP contribution is 2.18. The smallest absolute Gasteiger partial charge is 0.125 e. The third kappa shape index (κ3) is 2.97. The molecule has 0 aliphatic rings. The molecule has 2 nitrogen and oxygen atoms in total. The summed E-state index contributed by atoms with van der Waals surface area (Å²) in [6, 6.07) is 10.7. The molecule has 94 valence electrons. The first-order chi connectivity index (χ1) is 8.54. The second kappa shape index (κ2) is 5.04. The Bertz CT molecular complexity index is 535. The maximum Gasteiger partial charge on any atom is 0.125 e. The average molecular weight is 248 g/mol. The molecule has 0 aliphatic heterocycles. The summed E-state index contributed by atoms with van der Waals surface area (Å²) in [5, 5.41) is 0. The number of nitrogens with two attached hydrogens (primary N) is 1. The molecule has 0 spiro atoms. The third-order valence-corrected chi connectivity index (χ3v) is 2.65. The van der Waals surface area contributed by atoms with Gasteiger partial charge in [-0.3, -0.25) is 0 Å². The van der Waals surface area contributed by atoms with Crippen LogP contribution in [-0.2, 0) is 6.54 Å². The summed E-state index contributed by atoms with van der Waals surface area (Å²) in [7, 11) is 1.82. The molecular formula is C14H14F2N2. The Kier molecular flexibility index (Phi) is 3.46. The molecule has 2 rings (SSSR count). The van der Waals surface area contributed by atoms with Crippen molar-refractivity contribution >= 4 is 11.4 Å². The minimum absolute atomic E-state index is 0.293. The Balaban J connectivity index is 2.18. The number of nitrogens with zero attached hydrogens (tertiary/aromatic N) is 1. The van der Waals surface area contributed by atoms with E-state index in [1.165, 1.54) is 24.3 Å². The van der Waals surface area contributed by atoms with Gasteiger partial charge >= 0.3 is 0 Å². The van der Waals surface area contributed by atoms with Crippen LogP contribution in [-0.4, -0.2) is 7.05 Å². The zero-order chi connectivity index (χ0) is 13.1. The topological polar surface area (TPSA) is 29.3 Å². The highest BCUT2D eigenvalue weighted by Gasteiger charge is 2.05. The molecule has 2 N–H and O–H groups in total. The lowest BCUT2D eigenvalue weighted by Crippen LogP contribution is -2.16. The number of anilines is 2. The van der Waals surface area contributed by atoms with Crippen LogP contribution < -0.4 is 10.6 Å². The molecule has 4 heteroatoms. The van der Waals surface area contributed by atoms with Crippen LogP contribution in [0.3, 0.4) is 0 Å². The average Bonchev–Trinajstić information content (AvgIpc) is 2.27. The summed E-state index contributed by atoms with van der Waals surface area (Å²) in [6.45, 7) is 0.464. The lowest BCUT2D eigenvalue weighted by atomic mass is 10.1. The normalized spacial score (nSPS) is 10.4. The molecule has 0 unspecified atom stereocenters. The van der Waals surface area contributed by atoms with E-state index in [4.69, 9.17) is 5.73 Å². The first-order valence-electron chi connectivity index (χ1n) is 5.56. The van der Waals surface area contributed by atoms with Gasteiger partial charge in [-0.1, -0.05) is 6.07 Å². The van der Waals surface area contributed by atoms with E-state index in [2.05, 4.69) is 0 Å². The summed E-state index contributed by atoms with van der Waals surface area (Å²) in [4.78, 5) is 1.83. The predicted octanol–water partition coefficient (Wildman–Crippen LogP) is 3.18. The number of benzene rings is 2. The molecule has 2 aromatic rings. The van der Waals surface area contributed by atoms with Gasteiger partial charge in [-0.15, -0.1) is 0 Å². The van der Waals surface area contributed by atoms with Crippen molar-refractivity contribution in [1.82, 2.24) is 0 Å². The van der Waals surface area contributed by atoms with E-state index in [1.807, 2.05) is 11.9 Å². The quantitative estimate of drug-likeness (QED) is 0.845. The van der Waals surface area contributed by atoms with Gasteiger partial charge in [0.2, 0.25) is 0 Å². The van der Waals surface area contributed by atoms with Crippen molar-refractivity contribution in [2.75, 3.05) is 17.7 Å². The summed E-state index contributed by atoms with van der Waals surface area (Å²) in [6.07, 6.45) is 0. The molecule has 0 aromatic heterocycles. The van der Waals surface area contributed by atoms with Crippen LogP contribution in [0.5, 0.6) is 0 Å². The van der Waals surface area contributed by atoms with Crippen molar-refractivity contribution in [2.24, 2.45) is 0 Å². The second-order valence-electron chi connectivity index (χ2n) is 4.23. The number of halogens is 2. The maximum atomic E-state index is 13.2. The molecule has 2 aromatic carbocycles. The highest BCUT2D eigenvalue weighted by molar-refractivity contribution is 5.48. The second-order valence-corrected chi connectivity index (χ2v) is 4.23. The number of rotatable bonds is 3. The fraction of sp³-hybridized carbons (Fsp3) is 0.143. The largest absolute Gasteiger partial charge is 0.399 e. The van der Waals surface area contributed by atoms with E-state index < -0.39 is 0 Å². The molecule has 0 bridgehead atoms. The van der Waals surface area contributed by atoms with Gasteiger partial charge in [0.1, 0.15) is 11.6 Å². The SMILES string of the molecule is CN(Cc1cc(N)cc(F)c1)c1cccc(F)c1. The van der Waals surface area contributed by atoms with Gasteiger partial charge in [0.15, 0.2) is 0 Å². The molecule has 0 radical (unpaired) electrons. The number of nitrogen functional groups attached to an aromatic ring is 1. The number of hydrogen-bond acceptors (Lipinski definition) is 2. The molecule has 18 heavy (non-hydrogen) atoms. The van der Waals surface area contributed by atoms with Crippen LogP contribution in [0.15, 0.2) is 42.5 Å². The summed E-state index contributed by atoms with van der Waals surface area (Å²) < 4.78 is 26.3. The Morgan fingerprint density at radius 1 is 1.06 bits per heavy atom. The first kappa shape index (κ1) is 12.4. The number of hydrogen-bond donors (Lipinski definition) is 1. The lowest BCUT2D eigenvalue weighted by molar-refractivity contribution is 0.624. The lowest BCUT2D eigenvalue weighted by Gasteiger charge is -2.19. The monoisotopic (exact) mass is 248 g/mol. The van der Waals surface area contributed by atoms with Crippen LogP contribution >= 0.6 is 0 Å². The third-order valence-electron chi connectivity index (χ3n) is 2.65. The zero-order valence-corrected chi connectivity index (χ0v) is 10.0. The Labute approximate surface area is 105 Å². The standard InChI is InChI=1S/C14H14F2N2/c1-18(14-4-2-3-11(15)8-14)9-10-5-12(16)7-13(17)6-10/h2-8H,9,17H2,1H3. The van der Waals surface area contributed by atoms with E-state index in [0.717, 1.165) is 11.3 Å². The van der Waals surface area contributed by atoms with Crippen molar-refractivity contribution in [3.05, 3.63) is 59.7 Å². The molecule has 0 saturated heterocycles. The Morgan fingerprint density at radius 3 is 2.50 bits per heavy atom. The van der Waals surface area contributed by atoms with E-state index in [0.29, 0.717) is 12.2 Å². The maximum absolute atomic E-state index is 13.2. The molecule has 0 fully saturated rings. The summed E-state index contributed by atoms with van der Waals surface area (Å²) in [5.41, 5.74) is 7.45. The van der Waals surface area contributed by atoms with Crippen LogP contribution in [0.4, 0.5) is 20.2 Å². The Hall–Kier alpha value is -2.10. The van der Waals surface area contributed by atoms with Gasteiger partial charge in [-0.05, 0) is 42.0 Å². The van der Waals surface area contributed by atoms with Gasteiger partial charge in [0, 0.05) is 25.0 Å². The molecule has 0 amide bonds. The van der Waals surface area contributed by atoms with Gasteiger partial charge in [0.05, 0.1) is 0 Å². The molecule has 0 heterocycles. The van der Waals surface area contributed by atoms with Crippen molar-refractivity contribution in [3.8, 4) is 0 Å². The van der Waals surface area contributed by atoms with Crippen LogP contribution in [0.1, 0.15) is 5.56 Å². The first-order valence-corrected chi connectivity index (χ1v) is 5.56. The van der Waals surface area contributed by atoms with Gasteiger partial charge in [0.25, 0.3) is 0 Å². The molecule has 0 atom stereocenters. The van der Waals surface area contributed by atoms with Crippen molar-refractivity contribution in [1.29, 1.82) is 0 Å². The van der Waals surface area contributed by atoms with Crippen molar-refractivity contribution in [2.45, 2.75) is 6.54 Å². The fourth-order valence-electron chi connectivity index (χ4n) is 1.85. The van der Waals surface area contributed by atoms with E-state index in [1.54, 1.807) is 18.2 Å².